The lowest BCUT2D eigenvalue weighted by Crippen LogP contribution is -2.06. The summed E-state index contributed by atoms with van der Waals surface area (Å²) in [6, 6.07) is 7.96. The molecular weight excluding hydrogens is 250 g/mol. The van der Waals surface area contributed by atoms with Crippen molar-refractivity contribution in [1.29, 1.82) is 0 Å². The molecule has 1 heterocycles. The number of nitrogens with one attached hydrogen (secondary N) is 1. The van der Waals surface area contributed by atoms with Gasteiger partial charge in [-0.2, -0.15) is 5.10 Å². The molecule has 0 amide bonds. The normalized spacial score (nSPS) is 16.2. The molecule has 1 fully saturated rings. The Morgan fingerprint density at radius 1 is 1.15 bits per heavy atom. The molecule has 0 unspecified atom stereocenters. The monoisotopic (exact) mass is 271 g/mol. The Balaban J connectivity index is 1.75. The average Bonchev–Trinajstić information content (AvgIpc) is 2.99. The van der Waals surface area contributed by atoms with E-state index in [0.29, 0.717) is 12.5 Å². The van der Waals surface area contributed by atoms with E-state index in [1.165, 1.54) is 32.1 Å². The molecule has 1 aromatic heterocycles. The van der Waals surface area contributed by atoms with Gasteiger partial charge in [0.25, 0.3) is 0 Å². The van der Waals surface area contributed by atoms with Gasteiger partial charge in [0.15, 0.2) is 5.82 Å². The van der Waals surface area contributed by atoms with E-state index in [0.717, 1.165) is 23.0 Å². The van der Waals surface area contributed by atoms with Crippen molar-refractivity contribution in [2.75, 3.05) is 6.61 Å². The fourth-order valence-corrected chi connectivity index (χ4v) is 2.83. The molecule has 0 bridgehead atoms. The van der Waals surface area contributed by atoms with Crippen molar-refractivity contribution >= 4 is 0 Å². The van der Waals surface area contributed by atoms with E-state index < -0.39 is 0 Å². The number of rotatable bonds is 4. The van der Waals surface area contributed by atoms with E-state index in [2.05, 4.69) is 15.2 Å². The first-order valence-corrected chi connectivity index (χ1v) is 7.52. The van der Waals surface area contributed by atoms with Gasteiger partial charge >= 0.3 is 0 Å². The highest BCUT2D eigenvalue weighted by Crippen LogP contribution is 2.31. The summed E-state index contributed by atoms with van der Waals surface area (Å²) >= 11 is 0. The third kappa shape index (κ3) is 2.84. The van der Waals surface area contributed by atoms with E-state index in [9.17, 15) is 0 Å². The van der Waals surface area contributed by atoms with Crippen molar-refractivity contribution < 1.29 is 4.74 Å². The van der Waals surface area contributed by atoms with Crippen LogP contribution in [0.1, 0.15) is 50.8 Å². The van der Waals surface area contributed by atoms with Crippen LogP contribution in [0.2, 0.25) is 0 Å². The predicted octanol–water partition coefficient (Wildman–Crippen LogP) is 3.92. The van der Waals surface area contributed by atoms with Crippen LogP contribution < -0.4 is 4.74 Å². The van der Waals surface area contributed by atoms with Crippen LogP contribution in [0.3, 0.4) is 0 Å². The quantitative estimate of drug-likeness (QED) is 0.917. The van der Waals surface area contributed by atoms with Crippen molar-refractivity contribution in [3.05, 3.63) is 30.1 Å². The lowest BCUT2D eigenvalue weighted by molar-refractivity contribution is 0.340. The fourth-order valence-electron chi connectivity index (χ4n) is 2.83. The van der Waals surface area contributed by atoms with Crippen LogP contribution >= 0.6 is 0 Å². The van der Waals surface area contributed by atoms with Crippen LogP contribution in [0.4, 0.5) is 0 Å². The highest BCUT2D eigenvalue weighted by Gasteiger charge is 2.19. The van der Waals surface area contributed by atoms with Crippen LogP contribution in [0.25, 0.3) is 11.4 Å². The lowest BCUT2D eigenvalue weighted by atomic mass is 9.89. The largest absolute Gasteiger partial charge is 0.494 e. The number of H-pyrrole nitrogens is 1. The van der Waals surface area contributed by atoms with Crippen molar-refractivity contribution in [2.45, 2.75) is 44.9 Å². The maximum atomic E-state index is 5.45. The number of aromatic nitrogens is 3. The maximum absolute atomic E-state index is 5.45. The number of nitrogens with zero attached hydrogens (tertiary/aromatic N) is 2. The Hall–Kier alpha value is -1.84. The molecule has 4 nitrogen and oxygen atoms in total. The summed E-state index contributed by atoms with van der Waals surface area (Å²) in [7, 11) is 0. The fraction of sp³-hybridized carbons (Fsp3) is 0.500. The topological polar surface area (TPSA) is 50.8 Å². The molecule has 2 aromatic rings. The molecule has 0 aliphatic heterocycles. The van der Waals surface area contributed by atoms with Gasteiger partial charge in [-0.25, -0.2) is 4.98 Å². The highest BCUT2D eigenvalue weighted by molar-refractivity contribution is 5.55. The summed E-state index contributed by atoms with van der Waals surface area (Å²) in [5, 5.41) is 7.48. The van der Waals surface area contributed by atoms with Crippen LogP contribution in [0.15, 0.2) is 24.3 Å². The van der Waals surface area contributed by atoms with Crippen molar-refractivity contribution in [3.63, 3.8) is 0 Å². The van der Waals surface area contributed by atoms with Gasteiger partial charge in [0, 0.05) is 11.5 Å². The second kappa shape index (κ2) is 6.07. The van der Waals surface area contributed by atoms with E-state index >= 15 is 0 Å². The summed E-state index contributed by atoms with van der Waals surface area (Å²) in [5.74, 6) is 3.29. The Labute approximate surface area is 119 Å². The molecule has 1 saturated carbocycles. The molecule has 1 aliphatic rings. The van der Waals surface area contributed by atoms with Crippen molar-refractivity contribution in [2.24, 2.45) is 0 Å². The van der Waals surface area contributed by atoms with Crippen molar-refractivity contribution in [1.82, 2.24) is 15.2 Å². The van der Waals surface area contributed by atoms with E-state index in [-0.39, 0.29) is 0 Å². The number of hydrogen-bond acceptors (Lipinski definition) is 3. The summed E-state index contributed by atoms with van der Waals surface area (Å²) < 4.78 is 5.45. The second-order valence-corrected chi connectivity index (χ2v) is 5.34. The van der Waals surface area contributed by atoms with Gasteiger partial charge in [0.05, 0.1) is 6.61 Å². The highest BCUT2D eigenvalue weighted by atomic mass is 16.5. The summed E-state index contributed by atoms with van der Waals surface area (Å²) in [4.78, 5) is 4.67. The van der Waals surface area contributed by atoms with E-state index in [4.69, 9.17) is 4.74 Å². The number of aromatic amines is 1. The molecule has 0 radical (unpaired) electrons. The molecule has 0 spiro atoms. The minimum atomic E-state index is 0.563. The maximum Gasteiger partial charge on any atom is 0.181 e. The minimum Gasteiger partial charge on any atom is -0.494 e. The van der Waals surface area contributed by atoms with Gasteiger partial charge in [-0.15, -0.1) is 0 Å². The average molecular weight is 271 g/mol. The third-order valence-corrected chi connectivity index (χ3v) is 3.92. The summed E-state index contributed by atoms with van der Waals surface area (Å²) in [5.41, 5.74) is 1.03. The predicted molar refractivity (Wildman–Crippen MR) is 78.8 cm³/mol. The first-order chi connectivity index (χ1) is 9.86. The van der Waals surface area contributed by atoms with Crippen LogP contribution in [0, 0.1) is 0 Å². The SMILES string of the molecule is CCOc1ccc(-c2n[nH]c(C3CCCCC3)n2)cc1. The smallest absolute Gasteiger partial charge is 0.181 e. The molecule has 0 atom stereocenters. The number of hydrogen-bond donors (Lipinski definition) is 1. The zero-order valence-electron chi connectivity index (χ0n) is 11.9. The number of ether oxygens (including phenoxy) is 1. The molecule has 1 N–H and O–H groups in total. The van der Waals surface area contributed by atoms with Gasteiger partial charge < -0.3 is 4.74 Å². The Morgan fingerprint density at radius 3 is 2.60 bits per heavy atom. The van der Waals surface area contributed by atoms with Crippen LogP contribution in [-0.4, -0.2) is 21.8 Å². The minimum absolute atomic E-state index is 0.563. The standard InChI is InChI=1S/C16H21N3O/c1-2-20-14-10-8-13(9-11-14)16-17-15(18-19-16)12-6-4-3-5-7-12/h8-12H,2-7H2,1H3,(H,17,18,19). The molecule has 1 aromatic carbocycles. The molecule has 3 rings (SSSR count). The molecule has 106 valence electrons. The van der Waals surface area contributed by atoms with Crippen molar-refractivity contribution in [3.8, 4) is 17.1 Å². The third-order valence-electron chi connectivity index (χ3n) is 3.92. The molecule has 4 heteroatoms. The van der Waals surface area contributed by atoms with E-state index in [1.54, 1.807) is 0 Å². The van der Waals surface area contributed by atoms with Crippen LogP contribution in [0.5, 0.6) is 5.75 Å². The Bertz CT molecular complexity index is 541. The molecule has 20 heavy (non-hydrogen) atoms. The Kier molecular flexibility index (Phi) is 4.00. The van der Waals surface area contributed by atoms with E-state index in [1.807, 2.05) is 31.2 Å². The zero-order chi connectivity index (χ0) is 13.8. The molecule has 0 saturated heterocycles. The van der Waals surface area contributed by atoms with Gasteiger partial charge in [0.1, 0.15) is 11.6 Å². The lowest BCUT2D eigenvalue weighted by Gasteiger charge is -2.18. The van der Waals surface area contributed by atoms with Crippen LogP contribution in [-0.2, 0) is 0 Å². The molecular formula is C16H21N3O. The first-order valence-electron chi connectivity index (χ1n) is 7.52. The summed E-state index contributed by atoms with van der Waals surface area (Å²) in [6.07, 6.45) is 6.44. The number of benzene rings is 1. The van der Waals surface area contributed by atoms with Gasteiger partial charge in [-0.1, -0.05) is 19.3 Å². The van der Waals surface area contributed by atoms with Gasteiger partial charge in [-0.3, -0.25) is 5.10 Å². The Morgan fingerprint density at radius 2 is 1.90 bits per heavy atom. The zero-order valence-corrected chi connectivity index (χ0v) is 11.9. The van der Waals surface area contributed by atoms with Gasteiger partial charge in [-0.05, 0) is 44.0 Å². The first kappa shape index (κ1) is 13.2. The second-order valence-electron chi connectivity index (χ2n) is 5.34. The summed E-state index contributed by atoms with van der Waals surface area (Å²) in [6.45, 7) is 2.67. The molecule has 1 aliphatic carbocycles. The van der Waals surface area contributed by atoms with Gasteiger partial charge in [0.2, 0.25) is 0 Å².